The number of ketones is 1. The Bertz CT molecular complexity index is 569. The van der Waals surface area contributed by atoms with Crippen molar-refractivity contribution in [3.05, 3.63) is 11.8 Å². The summed E-state index contributed by atoms with van der Waals surface area (Å²) in [5.41, 5.74) is 1.43. The van der Waals surface area contributed by atoms with Crippen molar-refractivity contribution in [2.45, 2.75) is 70.9 Å². The Hall–Kier alpha value is -1.32. The first-order chi connectivity index (χ1) is 11.0. The van der Waals surface area contributed by atoms with Gasteiger partial charge in [0.15, 0.2) is 5.78 Å². The molecule has 3 fully saturated rings. The fourth-order valence-corrected chi connectivity index (χ4v) is 6.02. The Labute approximate surface area is 138 Å². The van der Waals surface area contributed by atoms with Crippen LogP contribution in [0.2, 0.25) is 0 Å². The second kappa shape index (κ2) is 5.35. The highest BCUT2D eigenvalue weighted by Gasteiger charge is 2.57. The molecule has 4 nitrogen and oxygen atoms in total. The SMILES string of the molecule is CC(=O)O[C@H]1CC[C@H]2[C@@H]3CCC4=CC(=O)CCN4[C@H]3CC[C@]12C. The molecule has 0 radical (unpaired) electrons. The number of esters is 1. The number of fused-ring (bicyclic) bond motifs is 5. The van der Waals surface area contributed by atoms with Gasteiger partial charge in [0.25, 0.3) is 0 Å². The molecule has 0 aromatic heterocycles. The number of allylic oxidation sites excluding steroid dienone is 2. The predicted molar refractivity (Wildman–Crippen MR) is 86.5 cm³/mol. The van der Waals surface area contributed by atoms with Gasteiger partial charge >= 0.3 is 5.97 Å². The standard InChI is InChI=1S/C19H27NO3/c1-12(21)23-18-6-5-16-15-4-3-13-11-14(22)8-10-20(13)17(15)7-9-19(16,18)2/h11,15-18H,3-10H2,1-2H3/t15-,16-,17-,18-,19-/m0/s1. The summed E-state index contributed by atoms with van der Waals surface area (Å²) < 4.78 is 5.68. The van der Waals surface area contributed by atoms with Crippen molar-refractivity contribution < 1.29 is 14.3 Å². The molecule has 1 saturated heterocycles. The van der Waals surface area contributed by atoms with Crippen LogP contribution in [-0.4, -0.2) is 35.3 Å². The number of hydrogen-bond acceptors (Lipinski definition) is 4. The lowest BCUT2D eigenvalue weighted by Crippen LogP contribution is -2.55. The summed E-state index contributed by atoms with van der Waals surface area (Å²) in [4.78, 5) is 25.7. The van der Waals surface area contributed by atoms with Crippen LogP contribution in [0.25, 0.3) is 0 Å². The number of nitrogens with zero attached hydrogens (tertiary/aromatic N) is 1. The zero-order valence-electron chi connectivity index (χ0n) is 14.2. The van der Waals surface area contributed by atoms with Crippen LogP contribution in [0.4, 0.5) is 0 Å². The molecule has 23 heavy (non-hydrogen) atoms. The molecular weight excluding hydrogens is 290 g/mol. The molecule has 0 unspecified atom stereocenters. The van der Waals surface area contributed by atoms with Crippen molar-refractivity contribution >= 4 is 11.8 Å². The minimum atomic E-state index is -0.137. The summed E-state index contributed by atoms with van der Waals surface area (Å²) in [5.74, 6) is 1.51. The van der Waals surface area contributed by atoms with Crippen LogP contribution in [0.1, 0.15) is 58.8 Å². The molecule has 0 amide bonds. The van der Waals surface area contributed by atoms with Gasteiger partial charge < -0.3 is 9.64 Å². The number of carbonyl (C=O) groups excluding carboxylic acids is 2. The Kier molecular flexibility index (Phi) is 3.54. The molecule has 0 aromatic rings. The first kappa shape index (κ1) is 15.2. The first-order valence-electron chi connectivity index (χ1n) is 9.16. The maximum absolute atomic E-state index is 11.7. The molecule has 4 heteroatoms. The van der Waals surface area contributed by atoms with E-state index in [9.17, 15) is 9.59 Å². The van der Waals surface area contributed by atoms with Crippen molar-refractivity contribution in [2.75, 3.05) is 6.54 Å². The van der Waals surface area contributed by atoms with Crippen LogP contribution in [0, 0.1) is 17.3 Å². The maximum atomic E-state index is 11.7. The van der Waals surface area contributed by atoms with Gasteiger partial charge in [-0.1, -0.05) is 6.92 Å². The van der Waals surface area contributed by atoms with Crippen LogP contribution in [0.3, 0.4) is 0 Å². The summed E-state index contributed by atoms with van der Waals surface area (Å²) >= 11 is 0. The van der Waals surface area contributed by atoms with Crippen LogP contribution in [0.5, 0.6) is 0 Å². The summed E-state index contributed by atoms with van der Waals surface area (Å²) in [6.45, 7) is 4.78. The zero-order chi connectivity index (χ0) is 16.2. The quantitative estimate of drug-likeness (QED) is 0.697. The maximum Gasteiger partial charge on any atom is 0.302 e. The molecule has 0 spiro atoms. The molecule has 5 atom stereocenters. The van der Waals surface area contributed by atoms with E-state index < -0.39 is 0 Å². The second-order valence-corrected chi connectivity index (χ2v) is 8.14. The lowest BCUT2D eigenvalue weighted by Gasteiger charge is -2.55. The number of ether oxygens (including phenoxy) is 1. The normalized spacial score (nSPS) is 42.4. The van der Waals surface area contributed by atoms with Gasteiger partial charge in [0.05, 0.1) is 0 Å². The molecule has 2 heterocycles. The number of piperidine rings is 1. The van der Waals surface area contributed by atoms with E-state index in [0.717, 1.165) is 25.8 Å². The van der Waals surface area contributed by atoms with Gasteiger partial charge in [0.2, 0.25) is 0 Å². The molecule has 2 saturated carbocycles. The van der Waals surface area contributed by atoms with Crippen LogP contribution < -0.4 is 0 Å². The second-order valence-electron chi connectivity index (χ2n) is 8.14. The third-order valence-corrected chi connectivity index (χ3v) is 7.05. The summed E-state index contributed by atoms with van der Waals surface area (Å²) in [6.07, 6.45) is 9.40. The van der Waals surface area contributed by atoms with Gasteiger partial charge in [-0.2, -0.15) is 0 Å². The van der Waals surface area contributed by atoms with Crippen molar-refractivity contribution in [2.24, 2.45) is 17.3 Å². The van der Waals surface area contributed by atoms with E-state index in [1.165, 1.54) is 31.9 Å². The third kappa shape index (κ3) is 2.33. The summed E-state index contributed by atoms with van der Waals surface area (Å²) in [6, 6.07) is 0.595. The minimum Gasteiger partial charge on any atom is -0.462 e. The average Bonchev–Trinajstić information content (AvgIpc) is 2.83. The Morgan fingerprint density at radius 3 is 2.87 bits per heavy atom. The molecule has 126 valence electrons. The lowest BCUT2D eigenvalue weighted by atomic mass is 9.59. The average molecular weight is 317 g/mol. The molecule has 4 aliphatic rings. The fourth-order valence-electron chi connectivity index (χ4n) is 6.02. The van der Waals surface area contributed by atoms with Gasteiger partial charge in [-0.3, -0.25) is 9.59 Å². The fraction of sp³-hybridized carbons (Fsp3) is 0.789. The lowest BCUT2D eigenvalue weighted by molar-refractivity contribution is -0.156. The van der Waals surface area contributed by atoms with Crippen molar-refractivity contribution in [3.8, 4) is 0 Å². The minimum absolute atomic E-state index is 0.103. The molecule has 0 N–H and O–H groups in total. The smallest absolute Gasteiger partial charge is 0.302 e. The van der Waals surface area contributed by atoms with E-state index >= 15 is 0 Å². The van der Waals surface area contributed by atoms with Gasteiger partial charge in [-0.15, -0.1) is 0 Å². The zero-order valence-corrected chi connectivity index (χ0v) is 14.2. The number of carbonyl (C=O) groups is 2. The number of rotatable bonds is 1. The van der Waals surface area contributed by atoms with E-state index in [2.05, 4.69) is 11.8 Å². The topological polar surface area (TPSA) is 46.6 Å². The molecule has 0 aromatic carbocycles. The van der Waals surface area contributed by atoms with Gasteiger partial charge in [-0.25, -0.2) is 0 Å². The Morgan fingerprint density at radius 1 is 1.26 bits per heavy atom. The molecule has 4 rings (SSSR count). The van der Waals surface area contributed by atoms with E-state index in [0.29, 0.717) is 30.1 Å². The van der Waals surface area contributed by atoms with Crippen LogP contribution >= 0.6 is 0 Å². The molecule has 2 aliphatic heterocycles. The first-order valence-corrected chi connectivity index (χ1v) is 9.16. The van der Waals surface area contributed by atoms with E-state index in [1.54, 1.807) is 0 Å². The predicted octanol–water partition coefficient (Wildman–Crippen LogP) is 3.07. The van der Waals surface area contributed by atoms with E-state index in [4.69, 9.17) is 4.74 Å². The molecule has 0 bridgehead atoms. The highest BCUT2D eigenvalue weighted by molar-refractivity contribution is 5.91. The number of hydrogen-bond donors (Lipinski definition) is 0. The van der Waals surface area contributed by atoms with Gasteiger partial charge in [-0.05, 0) is 50.4 Å². The van der Waals surface area contributed by atoms with Gasteiger partial charge in [0, 0.05) is 43.1 Å². The van der Waals surface area contributed by atoms with Crippen molar-refractivity contribution in [3.63, 3.8) is 0 Å². The third-order valence-electron chi connectivity index (χ3n) is 7.05. The Morgan fingerprint density at radius 2 is 2.09 bits per heavy atom. The highest BCUT2D eigenvalue weighted by atomic mass is 16.5. The summed E-state index contributed by atoms with van der Waals surface area (Å²) in [5, 5.41) is 0. The van der Waals surface area contributed by atoms with Crippen molar-refractivity contribution in [1.29, 1.82) is 0 Å². The largest absolute Gasteiger partial charge is 0.462 e. The van der Waals surface area contributed by atoms with Crippen LogP contribution in [-0.2, 0) is 14.3 Å². The van der Waals surface area contributed by atoms with E-state index in [-0.39, 0.29) is 17.5 Å². The van der Waals surface area contributed by atoms with Crippen LogP contribution in [0.15, 0.2) is 11.8 Å². The van der Waals surface area contributed by atoms with Gasteiger partial charge in [0.1, 0.15) is 6.10 Å². The monoisotopic (exact) mass is 317 g/mol. The van der Waals surface area contributed by atoms with E-state index in [1.807, 2.05) is 6.08 Å². The molecular formula is C19H27NO3. The van der Waals surface area contributed by atoms with Crippen molar-refractivity contribution in [1.82, 2.24) is 4.90 Å². The molecule has 2 aliphatic carbocycles. The summed E-state index contributed by atoms with van der Waals surface area (Å²) in [7, 11) is 0. The Balaban J connectivity index is 1.57. The highest BCUT2D eigenvalue weighted by Crippen LogP contribution is 2.59.